The maximum atomic E-state index is 13.3. The fourth-order valence-electron chi connectivity index (χ4n) is 5.02. The topological polar surface area (TPSA) is 125 Å². The van der Waals surface area contributed by atoms with Crippen molar-refractivity contribution in [2.75, 3.05) is 16.0 Å². The van der Waals surface area contributed by atoms with Crippen LogP contribution in [0.15, 0.2) is 63.4 Å². The quantitative estimate of drug-likeness (QED) is 0.303. The number of carbonyl (C=O) groups is 2. The van der Waals surface area contributed by atoms with Crippen LogP contribution in [0.25, 0.3) is 0 Å². The molecule has 3 N–H and O–H groups in total. The first-order valence-electron chi connectivity index (χ1n) is 12.4. The van der Waals surface area contributed by atoms with Crippen LogP contribution in [0.2, 0.25) is 10.0 Å². The number of rotatable bonds is 6. The van der Waals surface area contributed by atoms with Crippen molar-refractivity contribution in [3.05, 3.63) is 85.8 Å². The number of benzene rings is 2. The molecular weight excluding hydrogens is 587 g/mol. The number of allylic oxidation sites excluding steroid dienone is 3. The van der Waals surface area contributed by atoms with E-state index in [1.54, 1.807) is 23.1 Å². The fourth-order valence-corrected chi connectivity index (χ4v) is 7.22. The van der Waals surface area contributed by atoms with Gasteiger partial charge in [-0.1, -0.05) is 70.6 Å². The Kier molecular flexibility index (Phi) is 8.19. The van der Waals surface area contributed by atoms with Gasteiger partial charge in [-0.3, -0.25) is 14.5 Å². The van der Waals surface area contributed by atoms with Crippen LogP contribution < -0.4 is 16.0 Å². The van der Waals surface area contributed by atoms with E-state index in [1.807, 2.05) is 32.0 Å². The standard InChI is InChI=1S/C28H24Cl2N6O2S2/c1-14-5-3-6-15(2)25(14)33-22(38)13-39-28-35-34-27(40-28)36-20-7-4-8-21(37)24(20)23(18(12-31)26(36)32)17-10-9-16(29)11-19(17)30/h3,5-6,9-11,23H,4,7-8,13,32H2,1-2H3,(H,33,38). The van der Waals surface area contributed by atoms with Crippen molar-refractivity contribution < 1.29 is 9.59 Å². The number of carbonyl (C=O) groups excluding carboxylic acids is 2. The van der Waals surface area contributed by atoms with Crippen LogP contribution in [0.3, 0.4) is 0 Å². The van der Waals surface area contributed by atoms with Gasteiger partial charge in [0, 0.05) is 33.4 Å². The lowest BCUT2D eigenvalue weighted by Gasteiger charge is -2.38. The van der Waals surface area contributed by atoms with Gasteiger partial charge in [-0.05, 0) is 55.5 Å². The number of ketones is 1. The molecule has 1 aliphatic carbocycles. The molecule has 40 heavy (non-hydrogen) atoms. The van der Waals surface area contributed by atoms with E-state index in [9.17, 15) is 14.9 Å². The van der Waals surface area contributed by atoms with Crippen molar-refractivity contribution in [1.29, 1.82) is 5.26 Å². The zero-order valence-corrected chi connectivity index (χ0v) is 24.8. The van der Waals surface area contributed by atoms with Crippen LogP contribution in [0.5, 0.6) is 0 Å². The highest BCUT2D eigenvalue weighted by Crippen LogP contribution is 2.48. The summed E-state index contributed by atoms with van der Waals surface area (Å²) >= 11 is 15.1. The largest absolute Gasteiger partial charge is 0.384 e. The monoisotopic (exact) mass is 610 g/mol. The van der Waals surface area contributed by atoms with E-state index in [0.717, 1.165) is 16.8 Å². The normalized spacial score (nSPS) is 17.1. The third kappa shape index (κ3) is 5.34. The van der Waals surface area contributed by atoms with Crippen LogP contribution >= 0.6 is 46.3 Å². The highest BCUT2D eigenvalue weighted by Gasteiger charge is 2.42. The van der Waals surface area contributed by atoms with Gasteiger partial charge in [0.1, 0.15) is 5.82 Å². The maximum Gasteiger partial charge on any atom is 0.234 e. The van der Waals surface area contributed by atoms with Crippen molar-refractivity contribution in [1.82, 2.24) is 10.2 Å². The van der Waals surface area contributed by atoms with E-state index >= 15 is 0 Å². The number of aryl methyl sites for hydroxylation is 2. The fraction of sp³-hybridized carbons (Fsp3) is 0.250. The third-order valence-corrected chi connectivity index (χ3v) is 9.45. The molecule has 204 valence electrons. The Labute approximate surface area is 249 Å². The summed E-state index contributed by atoms with van der Waals surface area (Å²) in [5, 5.41) is 23.0. The lowest BCUT2D eigenvalue weighted by Crippen LogP contribution is -2.38. The zero-order chi connectivity index (χ0) is 28.6. The van der Waals surface area contributed by atoms with Crippen molar-refractivity contribution in [3.63, 3.8) is 0 Å². The highest BCUT2D eigenvalue weighted by molar-refractivity contribution is 8.01. The number of nitrogens with zero attached hydrogens (tertiary/aromatic N) is 4. The maximum absolute atomic E-state index is 13.3. The zero-order valence-electron chi connectivity index (χ0n) is 21.6. The minimum Gasteiger partial charge on any atom is -0.384 e. The molecule has 1 atom stereocenters. The van der Waals surface area contributed by atoms with Crippen LogP contribution in [0.4, 0.5) is 10.8 Å². The number of nitriles is 1. The summed E-state index contributed by atoms with van der Waals surface area (Å²) in [7, 11) is 0. The molecule has 1 aromatic heterocycles. The van der Waals surface area contributed by atoms with E-state index in [0.29, 0.717) is 55.6 Å². The molecular formula is C28H24Cl2N6O2S2. The minimum absolute atomic E-state index is 0.0650. The molecule has 2 aromatic carbocycles. The summed E-state index contributed by atoms with van der Waals surface area (Å²) in [6, 6.07) is 13.1. The predicted molar refractivity (Wildman–Crippen MR) is 160 cm³/mol. The number of aromatic nitrogens is 2. The summed E-state index contributed by atoms with van der Waals surface area (Å²) in [6.45, 7) is 3.90. The molecule has 1 unspecified atom stereocenters. The molecule has 8 nitrogen and oxygen atoms in total. The van der Waals surface area contributed by atoms with Gasteiger partial charge in [-0.15, -0.1) is 10.2 Å². The number of hydrogen-bond donors (Lipinski definition) is 2. The number of nitrogens with two attached hydrogens (primary N) is 1. The Morgan fingerprint density at radius 2 is 1.98 bits per heavy atom. The lowest BCUT2D eigenvalue weighted by molar-refractivity contribution is -0.116. The van der Waals surface area contributed by atoms with Crippen LogP contribution in [-0.4, -0.2) is 27.6 Å². The number of anilines is 2. The van der Waals surface area contributed by atoms with E-state index < -0.39 is 5.92 Å². The molecule has 3 aromatic rings. The summed E-state index contributed by atoms with van der Waals surface area (Å²) in [5.41, 5.74) is 11.4. The Hall–Kier alpha value is -3.36. The molecule has 12 heteroatoms. The molecule has 0 radical (unpaired) electrons. The average molecular weight is 612 g/mol. The Bertz CT molecular complexity index is 1620. The van der Waals surface area contributed by atoms with Gasteiger partial charge in [0.05, 0.1) is 23.3 Å². The molecule has 5 rings (SSSR count). The van der Waals surface area contributed by atoms with Crippen LogP contribution in [0.1, 0.15) is 41.9 Å². The van der Waals surface area contributed by atoms with Crippen molar-refractivity contribution in [2.24, 2.45) is 5.73 Å². The first-order chi connectivity index (χ1) is 19.2. The molecule has 0 fully saturated rings. The molecule has 0 spiro atoms. The van der Waals surface area contributed by atoms with Gasteiger partial charge in [-0.25, -0.2) is 0 Å². The number of halogens is 2. The lowest BCUT2D eigenvalue weighted by atomic mass is 9.76. The van der Waals surface area contributed by atoms with Crippen molar-refractivity contribution in [2.45, 2.75) is 43.4 Å². The predicted octanol–water partition coefficient (Wildman–Crippen LogP) is 6.50. The molecule has 1 amide bonds. The number of Topliss-reactive ketones (excluding diaryl/α,β-unsaturated/α-hetero) is 1. The number of nitrogens with one attached hydrogen (secondary N) is 1. The van der Waals surface area contributed by atoms with Gasteiger partial charge in [0.25, 0.3) is 0 Å². The van der Waals surface area contributed by atoms with Gasteiger partial charge in [0.2, 0.25) is 11.0 Å². The summed E-state index contributed by atoms with van der Waals surface area (Å²) in [4.78, 5) is 27.6. The summed E-state index contributed by atoms with van der Waals surface area (Å²) in [5.74, 6) is -0.615. The number of para-hydroxylation sites is 1. The molecule has 2 heterocycles. The smallest absolute Gasteiger partial charge is 0.234 e. The first-order valence-corrected chi connectivity index (χ1v) is 15.0. The van der Waals surface area contributed by atoms with Gasteiger partial charge >= 0.3 is 0 Å². The first kappa shape index (κ1) is 28.2. The minimum atomic E-state index is -0.704. The SMILES string of the molecule is Cc1cccc(C)c1NC(=O)CSc1nnc(N2C(N)=C(C#N)C(c3ccc(Cl)cc3Cl)C3=C2CCCC3=O)s1. The van der Waals surface area contributed by atoms with Gasteiger partial charge in [0.15, 0.2) is 10.1 Å². The van der Waals surface area contributed by atoms with Crippen LogP contribution in [-0.2, 0) is 9.59 Å². The molecule has 0 saturated carbocycles. The van der Waals surface area contributed by atoms with Crippen LogP contribution in [0, 0.1) is 25.2 Å². The second kappa shape index (κ2) is 11.6. The van der Waals surface area contributed by atoms with E-state index in [4.69, 9.17) is 28.9 Å². The van der Waals surface area contributed by atoms with E-state index in [-0.39, 0.29) is 28.8 Å². The number of thioether (sulfide) groups is 1. The summed E-state index contributed by atoms with van der Waals surface area (Å²) in [6.07, 6.45) is 1.57. The molecule has 1 aliphatic heterocycles. The number of hydrogen-bond acceptors (Lipinski definition) is 9. The second-order valence-electron chi connectivity index (χ2n) is 9.44. The van der Waals surface area contributed by atoms with E-state index in [2.05, 4.69) is 21.6 Å². The third-order valence-electron chi connectivity index (χ3n) is 6.85. The number of amides is 1. The van der Waals surface area contributed by atoms with Crippen molar-refractivity contribution in [3.8, 4) is 6.07 Å². The highest BCUT2D eigenvalue weighted by atomic mass is 35.5. The van der Waals surface area contributed by atoms with Gasteiger partial charge < -0.3 is 11.1 Å². The molecule has 2 aliphatic rings. The Morgan fingerprint density at radius 1 is 1.23 bits per heavy atom. The summed E-state index contributed by atoms with van der Waals surface area (Å²) < 4.78 is 0.560. The average Bonchev–Trinajstić information content (AvgIpc) is 3.38. The van der Waals surface area contributed by atoms with E-state index in [1.165, 1.54) is 23.1 Å². The molecule has 0 bridgehead atoms. The second-order valence-corrected chi connectivity index (χ2v) is 12.5. The Balaban J connectivity index is 1.44. The van der Waals surface area contributed by atoms with Crippen molar-refractivity contribution >= 4 is 68.8 Å². The van der Waals surface area contributed by atoms with Gasteiger partial charge in [-0.2, -0.15) is 5.26 Å². The Morgan fingerprint density at radius 3 is 2.67 bits per heavy atom. The molecule has 0 saturated heterocycles.